The smallest absolute Gasteiger partial charge is 0.374 e. The van der Waals surface area contributed by atoms with Crippen molar-refractivity contribution in [2.24, 2.45) is 5.73 Å². The number of anilines is 1. The zero-order chi connectivity index (χ0) is 14.2. The molecule has 1 aromatic carbocycles. The Morgan fingerprint density at radius 1 is 1.47 bits per heavy atom. The summed E-state index contributed by atoms with van der Waals surface area (Å²) in [5.74, 6) is 0. The fourth-order valence-electron chi connectivity index (χ4n) is 2.27. The number of alkyl halides is 3. The molecule has 0 radical (unpaired) electrons. The predicted molar refractivity (Wildman–Crippen MR) is 64.8 cm³/mol. The van der Waals surface area contributed by atoms with Crippen LogP contribution in [0.15, 0.2) is 18.2 Å². The van der Waals surface area contributed by atoms with Crippen molar-refractivity contribution in [1.82, 2.24) is 5.32 Å². The van der Waals surface area contributed by atoms with Crippen LogP contribution in [0.1, 0.15) is 23.6 Å². The van der Waals surface area contributed by atoms with Gasteiger partial charge in [0.15, 0.2) is 0 Å². The lowest BCUT2D eigenvalue weighted by atomic mass is 9.95. The van der Waals surface area contributed by atoms with Gasteiger partial charge in [0.25, 0.3) is 0 Å². The van der Waals surface area contributed by atoms with Gasteiger partial charge in [-0.2, -0.15) is 13.2 Å². The zero-order valence-electron chi connectivity index (χ0n) is 10.3. The van der Waals surface area contributed by atoms with Gasteiger partial charge in [-0.25, -0.2) is 4.79 Å². The van der Waals surface area contributed by atoms with Gasteiger partial charge in [0.05, 0.1) is 11.6 Å². The van der Waals surface area contributed by atoms with E-state index in [9.17, 15) is 18.0 Å². The molecule has 0 aliphatic carbocycles. The van der Waals surface area contributed by atoms with Crippen LogP contribution in [-0.4, -0.2) is 19.6 Å². The minimum absolute atomic E-state index is 0.342. The molecule has 104 valence electrons. The first kappa shape index (κ1) is 13.5. The number of nitrogens with zero attached hydrogens (tertiary/aromatic N) is 1. The molecule has 19 heavy (non-hydrogen) atoms. The molecule has 1 aliphatic heterocycles. The summed E-state index contributed by atoms with van der Waals surface area (Å²) >= 11 is 0. The van der Waals surface area contributed by atoms with Crippen LogP contribution in [0, 0.1) is 0 Å². The number of rotatable bonds is 1. The van der Waals surface area contributed by atoms with Crippen molar-refractivity contribution in [2.75, 3.05) is 18.5 Å². The molecule has 2 rings (SSSR count). The number of halogens is 3. The number of hydrogen-bond donors (Lipinski definition) is 2. The van der Waals surface area contributed by atoms with Crippen molar-refractivity contribution in [3.8, 4) is 0 Å². The van der Waals surface area contributed by atoms with Crippen LogP contribution >= 0.6 is 0 Å². The molecule has 0 saturated heterocycles. The first-order valence-corrected chi connectivity index (χ1v) is 5.77. The average molecular weight is 273 g/mol. The highest BCUT2D eigenvalue weighted by atomic mass is 19.4. The van der Waals surface area contributed by atoms with Crippen molar-refractivity contribution in [1.29, 1.82) is 0 Å². The van der Waals surface area contributed by atoms with Crippen LogP contribution in [0.25, 0.3) is 0 Å². The summed E-state index contributed by atoms with van der Waals surface area (Å²) < 4.78 is 38.1. The second kappa shape index (κ2) is 4.64. The average Bonchev–Trinajstić information content (AvgIpc) is 2.31. The minimum atomic E-state index is -4.38. The molecular formula is C12H14F3N3O. The topological polar surface area (TPSA) is 58.4 Å². The summed E-state index contributed by atoms with van der Waals surface area (Å²) in [6, 6.07) is 2.50. The van der Waals surface area contributed by atoms with E-state index < -0.39 is 17.8 Å². The lowest BCUT2D eigenvalue weighted by Crippen LogP contribution is -2.39. The second-order valence-electron chi connectivity index (χ2n) is 4.54. The van der Waals surface area contributed by atoms with Crippen LogP contribution < -0.4 is 16.0 Å². The molecule has 7 heteroatoms. The standard InChI is InChI=1S/C12H14F3N3O/c1-18-5-4-9(17-11(16)19)8-3-2-7(6-10(8)18)12(13,14)15/h2-3,6,9H,4-5H2,1H3,(H3,16,17,19). The molecular weight excluding hydrogens is 259 g/mol. The highest BCUT2D eigenvalue weighted by Crippen LogP contribution is 2.38. The van der Waals surface area contributed by atoms with E-state index in [1.807, 2.05) is 0 Å². The predicted octanol–water partition coefficient (Wildman–Crippen LogP) is 2.25. The highest BCUT2D eigenvalue weighted by Gasteiger charge is 2.33. The van der Waals surface area contributed by atoms with Gasteiger partial charge in [-0.1, -0.05) is 6.07 Å². The first-order chi connectivity index (χ1) is 8.79. The Balaban J connectivity index is 2.41. The van der Waals surface area contributed by atoms with E-state index >= 15 is 0 Å². The Kier molecular flexibility index (Phi) is 3.30. The number of carbonyl (C=O) groups excluding carboxylic acids is 1. The Hall–Kier alpha value is -1.92. The molecule has 1 unspecified atom stereocenters. The number of nitrogens with one attached hydrogen (secondary N) is 1. The number of hydrogen-bond acceptors (Lipinski definition) is 2. The van der Waals surface area contributed by atoms with E-state index in [1.165, 1.54) is 6.07 Å². The molecule has 1 heterocycles. The first-order valence-electron chi connectivity index (χ1n) is 5.77. The third-order valence-corrected chi connectivity index (χ3v) is 3.21. The van der Waals surface area contributed by atoms with Crippen LogP contribution in [0.5, 0.6) is 0 Å². The van der Waals surface area contributed by atoms with Crippen LogP contribution in [-0.2, 0) is 6.18 Å². The summed E-state index contributed by atoms with van der Waals surface area (Å²) in [5, 5.41) is 2.55. The molecule has 0 bridgehead atoms. The normalized spacial score (nSPS) is 18.9. The van der Waals surface area contributed by atoms with Crippen molar-refractivity contribution in [2.45, 2.75) is 18.6 Å². The van der Waals surface area contributed by atoms with Crippen LogP contribution in [0.4, 0.5) is 23.7 Å². The SMILES string of the molecule is CN1CCC(NC(N)=O)c2ccc(C(F)(F)F)cc21. The van der Waals surface area contributed by atoms with Gasteiger partial charge in [0.2, 0.25) is 0 Å². The maximum atomic E-state index is 12.7. The van der Waals surface area contributed by atoms with Gasteiger partial charge < -0.3 is 16.0 Å². The third kappa shape index (κ3) is 2.74. The number of benzene rings is 1. The van der Waals surface area contributed by atoms with E-state index in [0.717, 1.165) is 12.1 Å². The lowest BCUT2D eigenvalue weighted by Gasteiger charge is -2.33. The molecule has 1 atom stereocenters. The number of fused-ring (bicyclic) bond motifs is 1. The van der Waals surface area contributed by atoms with Crippen molar-refractivity contribution in [3.05, 3.63) is 29.3 Å². The highest BCUT2D eigenvalue weighted by molar-refractivity contribution is 5.73. The van der Waals surface area contributed by atoms with Gasteiger partial charge >= 0.3 is 12.2 Å². The van der Waals surface area contributed by atoms with E-state index in [4.69, 9.17) is 5.73 Å². The van der Waals surface area contributed by atoms with Crippen molar-refractivity contribution < 1.29 is 18.0 Å². The number of carbonyl (C=O) groups is 1. The molecule has 0 spiro atoms. The monoisotopic (exact) mass is 273 g/mol. The van der Waals surface area contributed by atoms with Gasteiger partial charge in [0.1, 0.15) is 0 Å². The molecule has 1 aromatic rings. The summed E-state index contributed by atoms with van der Waals surface area (Å²) in [7, 11) is 1.72. The summed E-state index contributed by atoms with van der Waals surface area (Å²) in [4.78, 5) is 12.6. The number of nitrogens with two attached hydrogens (primary N) is 1. The molecule has 0 fully saturated rings. The van der Waals surface area contributed by atoms with Gasteiger partial charge in [-0.15, -0.1) is 0 Å². The van der Waals surface area contributed by atoms with E-state index in [1.54, 1.807) is 11.9 Å². The Bertz CT molecular complexity index is 501. The lowest BCUT2D eigenvalue weighted by molar-refractivity contribution is -0.137. The summed E-state index contributed by atoms with van der Waals surface area (Å²) in [6.07, 6.45) is -3.77. The Morgan fingerprint density at radius 3 is 2.74 bits per heavy atom. The Labute approximate surface area is 108 Å². The number of urea groups is 1. The molecule has 0 aromatic heterocycles. The third-order valence-electron chi connectivity index (χ3n) is 3.21. The number of amides is 2. The van der Waals surface area contributed by atoms with Crippen LogP contribution in [0.3, 0.4) is 0 Å². The maximum absolute atomic E-state index is 12.7. The molecule has 1 aliphatic rings. The van der Waals surface area contributed by atoms with E-state index in [0.29, 0.717) is 24.2 Å². The summed E-state index contributed by atoms with van der Waals surface area (Å²) in [6.45, 7) is 0.555. The molecule has 3 N–H and O–H groups in total. The fourth-order valence-corrected chi connectivity index (χ4v) is 2.27. The van der Waals surface area contributed by atoms with Crippen molar-refractivity contribution >= 4 is 11.7 Å². The van der Waals surface area contributed by atoms with Crippen molar-refractivity contribution in [3.63, 3.8) is 0 Å². The summed E-state index contributed by atoms with van der Waals surface area (Å²) in [5.41, 5.74) is 5.50. The van der Waals surface area contributed by atoms with E-state index in [2.05, 4.69) is 5.32 Å². The fraction of sp³-hybridized carbons (Fsp3) is 0.417. The number of primary amides is 1. The Morgan fingerprint density at radius 2 is 2.16 bits per heavy atom. The van der Waals surface area contributed by atoms with Gasteiger partial charge in [-0.05, 0) is 24.1 Å². The quantitative estimate of drug-likeness (QED) is 0.824. The van der Waals surface area contributed by atoms with Gasteiger partial charge in [0, 0.05) is 19.3 Å². The van der Waals surface area contributed by atoms with E-state index in [-0.39, 0.29) is 6.04 Å². The second-order valence-corrected chi connectivity index (χ2v) is 4.54. The largest absolute Gasteiger partial charge is 0.416 e. The minimum Gasteiger partial charge on any atom is -0.374 e. The van der Waals surface area contributed by atoms with Crippen LogP contribution in [0.2, 0.25) is 0 Å². The molecule has 0 saturated carbocycles. The zero-order valence-corrected chi connectivity index (χ0v) is 10.3. The van der Waals surface area contributed by atoms with Gasteiger partial charge in [-0.3, -0.25) is 0 Å². The molecule has 4 nitrogen and oxygen atoms in total. The molecule has 2 amide bonds. The maximum Gasteiger partial charge on any atom is 0.416 e.